The minimum absolute atomic E-state index is 0.0266. The van der Waals surface area contributed by atoms with Crippen molar-refractivity contribution >= 4 is 32.5 Å². The summed E-state index contributed by atoms with van der Waals surface area (Å²) in [5, 5.41) is 17.6. The normalized spacial score (nSPS) is 11.7. The zero-order chi connectivity index (χ0) is 19.9. The number of pyridine rings is 1. The topological polar surface area (TPSA) is 114 Å². The van der Waals surface area contributed by atoms with E-state index in [1.807, 2.05) is 0 Å². The van der Waals surface area contributed by atoms with Crippen LogP contribution in [0.1, 0.15) is 28.7 Å². The summed E-state index contributed by atoms with van der Waals surface area (Å²) in [6, 6.07) is 5.45. The van der Waals surface area contributed by atoms with Crippen LogP contribution in [-0.4, -0.2) is 39.9 Å². The smallest absolute Gasteiger partial charge is 0.256 e. The number of nitrogens with zero attached hydrogens (tertiary/aromatic N) is 3. The zero-order valence-corrected chi connectivity index (χ0v) is 16.3. The number of nitrogens with one attached hydrogen (secondary N) is 1. The Hall–Kier alpha value is -2.94. The predicted octanol–water partition coefficient (Wildman–Crippen LogP) is 2.34. The molecule has 0 fully saturated rings. The fraction of sp³-hybridized carbons (Fsp3) is 0.278. The van der Waals surface area contributed by atoms with Gasteiger partial charge in [0.1, 0.15) is 5.75 Å². The average molecular weight is 388 g/mol. The lowest BCUT2D eigenvalue weighted by molar-refractivity contribution is 0.102. The van der Waals surface area contributed by atoms with Crippen molar-refractivity contribution in [2.24, 2.45) is 7.05 Å². The molecule has 0 saturated heterocycles. The number of aromatic hydroxyl groups is 1. The van der Waals surface area contributed by atoms with Gasteiger partial charge in [-0.05, 0) is 38.1 Å². The van der Waals surface area contributed by atoms with Gasteiger partial charge in [0.25, 0.3) is 5.91 Å². The lowest BCUT2D eigenvalue weighted by Gasteiger charge is -2.11. The highest BCUT2D eigenvalue weighted by Crippen LogP contribution is 2.29. The number of amides is 1. The molecule has 0 aliphatic carbocycles. The van der Waals surface area contributed by atoms with Crippen molar-refractivity contribution in [1.82, 2.24) is 14.8 Å². The Bertz CT molecular complexity index is 1170. The zero-order valence-electron chi connectivity index (χ0n) is 15.4. The molecule has 9 heteroatoms. The molecule has 3 rings (SSSR count). The van der Waals surface area contributed by atoms with Crippen LogP contribution >= 0.6 is 0 Å². The summed E-state index contributed by atoms with van der Waals surface area (Å²) in [7, 11) is -1.72. The number of fused-ring (bicyclic) bond motifs is 1. The van der Waals surface area contributed by atoms with Crippen molar-refractivity contribution in [2.75, 3.05) is 11.1 Å². The van der Waals surface area contributed by atoms with Crippen LogP contribution in [0.15, 0.2) is 29.2 Å². The highest BCUT2D eigenvalue weighted by Gasteiger charge is 2.20. The second-order valence-corrected chi connectivity index (χ2v) is 8.53. The quantitative estimate of drug-likeness (QED) is 0.663. The number of aryl methyl sites for hydroxylation is 3. The number of phenolic OH excluding ortho intramolecular Hbond substituents is 1. The molecular formula is C18H20N4O4S. The number of benzene rings is 1. The highest BCUT2D eigenvalue weighted by atomic mass is 32.2. The molecule has 0 unspecified atom stereocenters. The SMILES string of the molecule is CCS(=O)(=O)c1ccc(O)c(NC(=O)c2cc(C)nc3c2c(C)nn3C)c1. The molecule has 0 radical (unpaired) electrons. The van der Waals surface area contributed by atoms with Crippen LogP contribution in [0, 0.1) is 13.8 Å². The summed E-state index contributed by atoms with van der Waals surface area (Å²) in [5.41, 5.74) is 2.24. The number of carbonyl (C=O) groups excluding carboxylic acids is 1. The molecule has 0 bridgehead atoms. The number of phenols is 1. The van der Waals surface area contributed by atoms with E-state index < -0.39 is 15.7 Å². The van der Waals surface area contributed by atoms with Crippen LogP contribution in [0.25, 0.3) is 11.0 Å². The van der Waals surface area contributed by atoms with Gasteiger partial charge in [0.15, 0.2) is 15.5 Å². The third kappa shape index (κ3) is 3.37. The third-order valence-corrected chi connectivity index (χ3v) is 6.03. The molecule has 8 nitrogen and oxygen atoms in total. The summed E-state index contributed by atoms with van der Waals surface area (Å²) >= 11 is 0. The van der Waals surface area contributed by atoms with E-state index in [1.165, 1.54) is 25.1 Å². The number of hydrogen-bond acceptors (Lipinski definition) is 6. The maximum atomic E-state index is 12.9. The number of aromatic nitrogens is 3. The molecule has 0 saturated carbocycles. The number of sulfone groups is 1. The first kappa shape index (κ1) is 18.8. The van der Waals surface area contributed by atoms with Gasteiger partial charge in [-0.1, -0.05) is 6.92 Å². The van der Waals surface area contributed by atoms with E-state index in [4.69, 9.17) is 0 Å². The van der Waals surface area contributed by atoms with Gasteiger partial charge in [0.05, 0.1) is 33.0 Å². The van der Waals surface area contributed by atoms with Gasteiger partial charge >= 0.3 is 0 Å². The summed E-state index contributed by atoms with van der Waals surface area (Å²) < 4.78 is 25.7. The van der Waals surface area contributed by atoms with E-state index in [-0.39, 0.29) is 22.1 Å². The second-order valence-electron chi connectivity index (χ2n) is 6.26. The number of hydrogen-bond donors (Lipinski definition) is 2. The van der Waals surface area contributed by atoms with Crippen LogP contribution in [0.2, 0.25) is 0 Å². The molecule has 1 amide bonds. The fourth-order valence-corrected chi connectivity index (χ4v) is 3.82. The molecule has 2 heterocycles. The fourth-order valence-electron chi connectivity index (χ4n) is 2.91. The van der Waals surface area contributed by atoms with Gasteiger partial charge < -0.3 is 10.4 Å². The third-order valence-electron chi connectivity index (χ3n) is 4.30. The van der Waals surface area contributed by atoms with E-state index in [0.29, 0.717) is 28.0 Å². The van der Waals surface area contributed by atoms with Gasteiger partial charge in [-0.15, -0.1) is 0 Å². The average Bonchev–Trinajstić information content (AvgIpc) is 2.89. The number of carbonyl (C=O) groups is 1. The molecule has 3 aromatic rings. The van der Waals surface area contributed by atoms with Crippen LogP contribution in [0.4, 0.5) is 5.69 Å². The molecule has 27 heavy (non-hydrogen) atoms. The Balaban J connectivity index is 2.07. The standard InChI is InChI=1S/C18H20N4O4S/c1-5-27(25,26)12-6-7-15(23)14(9-12)20-18(24)13-8-10(2)19-17-16(13)11(3)21-22(17)4/h6-9,23H,5H2,1-4H3,(H,20,24). The maximum absolute atomic E-state index is 12.9. The van der Waals surface area contributed by atoms with Crippen LogP contribution in [-0.2, 0) is 16.9 Å². The van der Waals surface area contributed by atoms with Crippen molar-refractivity contribution < 1.29 is 18.3 Å². The van der Waals surface area contributed by atoms with Crippen LogP contribution < -0.4 is 5.32 Å². The first-order valence-electron chi connectivity index (χ1n) is 8.32. The minimum Gasteiger partial charge on any atom is -0.506 e. The lowest BCUT2D eigenvalue weighted by Crippen LogP contribution is -2.14. The van der Waals surface area contributed by atoms with Gasteiger partial charge in [-0.2, -0.15) is 5.10 Å². The summed E-state index contributed by atoms with van der Waals surface area (Å²) in [6.07, 6.45) is 0. The molecule has 0 aliphatic rings. The van der Waals surface area contributed by atoms with Gasteiger partial charge in [0.2, 0.25) is 0 Å². The van der Waals surface area contributed by atoms with Crippen LogP contribution in [0.3, 0.4) is 0 Å². The summed E-state index contributed by atoms with van der Waals surface area (Å²) in [6.45, 7) is 5.08. The van der Waals surface area contributed by atoms with E-state index in [1.54, 1.807) is 31.6 Å². The largest absolute Gasteiger partial charge is 0.506 e. The Labute approximate surface area is 156 Å². The maximum Gasteiger partial charge on any atom is 0.256 e. The Morgan fingerprint density at radius 1 is 1.26 bits per heavy atom. The van der Waals surface area contributed by atoms with E-state index in [9.17, 15) is 18.3 Å². The van der Waals surface area contributed by atoms with Crippen molar-refractivity contribution in [2.45, 2.75) is 25.7 Å². The van der Waals surface area contributed by atoms with Crippen molar-refractivity contribution in [3.8, 4) is 5.75 Å². The van der Waals surface area contributed by atoms with Crippen molar-refractivity contribution in [1.29, 1.82) is 0 Å². The first-order chi connectivity index (χ1) is 12.6. The Morgan fingerprint density at radius 2 is 1.96 bits per heavy atom. The minimum atomic E-state index is -3.47. The van der Waals surface area contributed by atoms with Gasteiger partial charge in [0, 0.05) is 12.7 Å². The Kier molecular flexibility index (Phi) is 4.64. The van der Waals surface area contributed by atoms with Gasteiger partial charge in [-0.3, -0.25) is 9.48 Å². The van der Waals surface area contributed by atoms with Crippen LogP contribution in [0.5, 0.6) is 5.75 Å². The van der Waals surface area contributed by atoms with Gasteiger partial charge in [-0.25, -0.2) is 13.4 Å². The first-order valence-corrected chi connectivity index (χ1v) is 9.97. The summed E-state index contributed by atoms with van der Waals surface area (Å²) in [5.74, 6) is -0.782. The molecule has 0 aliphatic heterocycles. The molecule has 2 aromatic heterocycles. The van der Waals surface area contributed by atoms with E-state index >= 15 is 0 Å². The second kappa shape index (κ2) is 6.66. The molecular weight excluding hydrogens is 368 g/mol. The monoisotopic (exact) mass is 388 g/mol. The van der Waals surface area contributed by atoms with E-state index in [2.05, 4.69) is 15.4 Å². The molecule has 142 valence electrons. The number of anilines is 1. The molecule has 2 N–H and O–H groups in total. The molecule has 0 spiro atoms. The van der Waals surface area contributed by atoms with Crippen molar-refractivity contribution in [3.63, 3.8) is 0 Å². The summed E-state index contributed by atoms with van der Waals surface area (Å²) in [4.78, 5) is 17.3. The Morgan fingerprint density at radius 3 is 2.63 bits per heavy atom. The molecule has 0 atom stereocenters. The van der Waals surface area contributed by atoms with E-state index in [0.717, 1.165) is 0 Å². The lowest BCUT2D eigenvalue weighted by atomic mass is 10.1. The van der Waals surface area contributed by atoms with Crippen molar-refractivity contribution in [3.05, 3.63) is 41.2 Å². The predicted molar refractivity (Wildman–Crippen MR) is 102 cm³/mol. The highest BCUT2D eigenvalue weighted by molar-refractivity contribution is 7.91. The number of rotatable bonds is 4. The molecule has 1 aromatic carbocycles.